The van der Waals surface area contributed by atoms with Gasteiger partial charge in [0.25, 0.3) is 0 Å². The van der Waals surface area contributed by atoms with Gasteiger partial charge in [-0.1, -0.05) is 6.07 Å². The van der Waals surface area contributed by atoms with Crippen molar-refractivity contribution in [2.75, 3.05) is 13.1 Å². The molecule has 3 rings (SSSR count). The van der Waals surface area contributed by atoms with Gasteiger partial charge in [0.05, 0.1) is 0 Å². The fraction of sp³-hybridized carbons (Fsp3) is 0.429. The van der Waals surface area contributed by atoms with E-state index in [1.54, 1.807) is 6.07 Å². The highest BCUT2D eigenvalue weighted by Crippen LogP contribution is 2.36. The minimum atomic E-state index is -0.156. The van der Waals surface area contributed by atoms with E-state index in [4.69, 9.17) is 5.73 Å². The highest BCUT2D eigenvalue weighted by molar-refractivity contribution is 5.85. The molecule has 0 radical (unpaired) electrons. The van der Waals surface area contributed by atoms with Gasteiger partial charge in [-0.05, 0) is 44.5 Å². The molecule has 0 saturated carbocycles. The molecule has 1 aromatic carbocycles. The zero-order valence-corrected chi connectivity index (χ0v) is 10.5. The molecule has 2 unspecified atom stereocenters. The lowest BCUT2D eigenvalue weighted by atomic mass is 9.92. The van der Waals surface area contributed by atoms with Crippen molar-refractivity contribution in [3.63, 3.8) is 0 Å². The van der Waals surface area contributed by atoms with E-state index in [2.05, 4.69) is 10.3 Å². The van der Waals surface area contributed by atoms with E-state index in [0.29, 0.717) is 17.8 Å². The Hall–Kier alpha value is -1.39. The van der Waals surface area contributed by atoms with Crippen LogP contribution in [0.4, 0.5) is 4.39 Å². The smallest absolute Gasteiger partial charge is 0.132 e. The number of aryl methyl sites for hydroxylation is 1. The van der Waals surface area contributed by atoms with Crippen LogP contribution in [-0.2, 0) is 0 Å². The van der Waals surface area contributed by atoms with E-state index >= 15 is 0 Å². The summed E-state index contributed by atoms with van der Waals surface area (Å²) in [4.78, 5) is 3.27. The van der Waals surface area contributed by atoms with Crippen LogP contribution < -0.4 is 11.1 Å². The van der Waals surface area contributed by atoms with E-state index in [-0.39, 0.29) is 11.9 Å². The molecule has 18 heavy (non-hydrogen) atoms. The third-order valence-electron chi connectivity index (χ3n) is 3.97. The Morgan fingerprint density at radius 3 is 3.06 bits per heavy atom. The van der Waals surface area contributed by atoms with Gasteiger partial charge in [0.1, 0.15) is 5.82 Å². The SMILES string of the molecule is Cc1[nH]c2cccc(F)c2c1C1NCCC1CN. The third kappa shape index (κ3) is 1.64. The highest BCUT2D eigenvalue weighted by atomic mass is 19.1. The molecule has 96 valence electrons. The maximum Gasteiger partial charge on any atom is 0.132 e. The predicted molar refractivity (Wildman–Crippen MR) is 70.9 cm³/mol. The fourth-order valence-corrected chi connectivity index (χ4v) is 3.10. The van der Waals surface area contributed by atoms with Crippen LogP contribution in [0, 0.1) is 18.7 Å². The first-order valence-corrected chi connectivity index (χ1v) is 6.42. The summed E-state index contributed by atoms with van der Waals surface area (Å²) in [6, 6.07) is 5.34. The Bertz CT molecular complexity index is 576. The second-order valence-electron chi connectivity index (χ2n) is 5.04. The van der Waals surface area contributed by atoms with Crippen LogP contribution in [0.15, 0.2) is 18.2 Å². The van der Waals surface area contributed by atoms with Gasteiger partial charge in [-0.3, -0.25) is 0 Å². The quantitative estimate of drug-likeness (QED) is 0.762. The normalized spacial score (nSPS) is 23.9. The Morgan fingerprint density at radius 1 is 1.44 bits per heavy atom. The number of rotatable bonds is 2. The van der Waals surface area contributed by atoms with Crippen molar-refractivity contribution in [2.45, 2.75) is 19.4 Å². The number of aromatic nitrogens is 1. The van der Waals surface area contributed by atoms with Gasteiger partial charge < -0.3 is 16.0 Å². The number of H-pyrrole nitrogens is 1. The van der Waals surface area contributed by atoms with Gasteiger partial charge in [0.2, 0.25) is 0 Å². The Balaban J connectivity index is 2.19. The summed E-state index contributed by atoms with van der Waals surface area (Å²) >= 11 is 0. The van der Waals surface area contributed by atoms with Crippen molar-refractivity contribution in [1.29, 1.82) is 0 Å². The molecule has 0 spiro atoms. The summed E-state index contributed by atoms with van der Waals surface area (Å²) < 4.78 is 14.1. The van der Waals surface area contributed by atoms with E-state index in [0.717, 1.165) is 29.7 Å². The molecule has 1 aromatic heterocycles. The first kappa shape index (κ1) is 11.7. The van der Waals surface area contributed by atoms with Crippen molar-refractivity contribution in [3.8, 4) is 0 Å². The molecule has 1 aliphatic heterocycles. The first-order chi connectivity index (χ1) is 8.72. The molecule has 1 fully saturated rings. The van der Waals surface area contributed by atoms with E-state index < -0.39 is 0 Å². The summed E-state index contributed by atoms with van der Waals surface area (Å²) in [5.74, 6) is 0.235. The summed E-state index contributed by atoms with van der Waals surface area (Å²) in [6.45, 7) is 3.59. The van der Waals surface area contributed by atoms with Gasteiger partial charge in [0, 0.05) is 28.2 Å². The highest BCUT2D eigenvalue weighted by Gasteiger charge is 2.31. The monoisotopic (exact) mass is 247 g/mol. The summed E-state index contributed by atoms with van der Waals surface area (Å²) in [6.07, 6.45) is 1.06. The Kier molecular flexibility index (Phi) is 2.84. The molecule has 2 aromatic rings. The second-order valence-corrected chi connectivity index (χ2v) is 5.04. The lowest BCUT2D eigenvalue weighted by Crippen LogP contribution is -2.23. The molecule has 0 amide bonds. The van der Waals surface area contributed by atoms with Crippen molar-refractivity contribution >= 4 is 10.9 Å². The minimum absolute atomic E-state index is 0.156. The molecule has 2 heterocycles. The molecular formula is C14H18FN3. The molecule has 3 nitrogen and oxygen atoms in total. The number of benzene rings is 1. The fourth-order valence-electron chi connectivity index (χ4n) is 3.10. The third-order valence-corrected chi connectivity index (χ3v) is 3.97. The second kappa shape index (κ2) is 4.37. The molecular weight excluding hydrogens is 229 g/mol. The topological polar surface area (TPSA) is 53.8 Å². The van der Waals surface area contributed by atoms with Crippen LogP contribution in [-0.4, -0.2) is 18.1 Å². The van der Waals surface area contributed by atoms with Gasteiger partial charge in [-0.2, -0.15) is 0 Å². The zero-order chi connectivity index (χ0) is 12.7. The van der Waals surface area contributed by atoms with Crippen molar-refractivity contribution < 1.29 is 4.39 Å². The van der Waals surface area contributed by atoms with E-state index in [1.807, 2.05) is 13.0 Å². The lowest BCUT2D eigenvalue weighted by molar-refractivity contribution is 0.472. The average molecular weight is 247 g/mol. The number of aromatic amines is 1. The van der Waals surface area contributed by atoms with Crippen LogP contribution in [0.1, 0.15) is 23.7 Å². The average Bonchev–Trinajstić information content (AvgIpc) is 2.92. The largest absolute Gasteiger partial charge is 0.358 e. The lowest BCUT2D eigenvalue weighted by Gasteiger charge is -2.18. The number of nitrogens with two attached hydrogens (primary N) is 1. The minimum Gasteiger partial charge on any atom is -0.358 e. The summed E-state index contributed by atoms with van der Waals surface area (Å²) in [7, 11) is 0. The van der Waals surface area contributed by atoms with Crippen molar-refractivity contribution in [1.82, 2.24) is 10.3 Å². The molecule has 2 atom stereocenters. The number of nitrogens with one attached hydrogen (secondary N) is 2. The maximum absolute atomic E-state index is 14.1. The van der Waals surface area contributed by atoms with Gasteiger partial charge in [-0.15, -0.1) is 0 Å². The van der Waals surface area contributed by atoms with Gasteiger partial charge in [0.15, 0.2) is 0 Å². The number of halogens is 1. The summed E-state index contributed by atoms with van der Waals surface area (Å²) in [5, 5.41) is 4.17. The first-order valence-electron chi connectivity index (χ1n) is 6.42. The molecule has 4 heteroatoms. The molecule has 0 aliphatic carbocycles. The number of fused-ring (bicyclic) bond motifs is 1. The van der Waals surface area contributed by atoms with Gasteiger partial charge in [-0.25, -0.2) is 4.39 Å². The maximum atomic E-state index is 14.1. The zero-order valence-electron chi connectivity index (χ0n) is 10.5. The van der Waals surface area contributed by atoms with Crippen LogP contribution in [0.3, 0.4) is 0 Å². The molecule has 1 aliphatic rings. The molecule has 4 N–H and O–H groups in total. The van der Waals surface area contributed by atoms with Crippen LogP contribution >= 0.6 is 0 Å². The van der Waals surface area contributed by atoms with E-state index in [9.17, 15) is 4.39 Å². The summed E-state index contributed by atoms with van der Waals surface area (Å²) in [5.41, 5.74) is 8.77. The Labute approximate surface area is 106 Å². The van der Waals surface area contributed by atoms with Crippen LogP contribution in [0.25, 0.3) is 10.9 Å². The van der Waals surface area contributed by atoms with Crippen LogP contribution in [0.5, 0.6) is 0 Å². The van der Waals surface area contributed by atoms with Crippen molar-refractivity contribution in [2.24, 2.45) is 11.7 Å². The Morgan fingerprint density at radius 2 is 2.28 bits per heavy atom. The number of hydrogen-bond donors (Lipinski definition) is 3. The van der Waals surface area contributed by atoms with Crippen LogP contribution in [0.2, 0.25) is 0 Å². The molecule has 1 saturated heterocycles. The standard InChI is InChI=1S/C14H18FN3/c1-8-12(14-9(7-16)5-6-17-14)13-10(15)3-2-4-11(13)18-8/h2-4,9,14,17-18H,5-7,16H2,1H3. The number of hydrogen-bond acceptors (Lipinski definition) is 2. The van der Waals surface area contributed by atoms with Crippen molar-refractivity contribution in [3.05, 3.63) is 35.3 Å². The predicted octanol–water partition coefficient (Wildman–Crippen LogP) is 2.22. The van der Waals surface area contributed by atoms with Gasteiger partial charge >= 0.3 is 0 Å². The van der Waals surface area contributed by atoms with E-state index in [1.165, 1.54) is 6.07 Å². The molecule has 0 bridgehead atoms.